The molecule has 0 saturated heterocycles. The summed E-state index contributed by atoms with van der Waals surface area (Å²) in [4.78, 5) is 14.1. The number of nitrogen functional groups attached to an aromatic ring is 1. The van der Waals surface area contributed by atoms with Crippen LogP contribution in [0.2, 0.25) is 0 Å². The van der Waals surface area contributed by atoms with Gasteiger partial charge in [-0.2, -0.15) is 0 Å². The number of hydrogen-bond acceptors (Lipinski definition) is 2. The summed E-state index contributed by atoms with van der Waals surface area (Å²) in [6.07, 6.45) is 4.75. The van der Waals surface area contributed by atoms with Crippen LogP contribution in [0.15, 0.2) is 24.3 Å². The Balaban J connectivity index is 2.76. The van der Waals surface area contributed by atoms with E-state index in [-0.39, 0.29) is 5.91 Å². The van der Waals surface area contributed by atoms with Gasteiger partial charge in [-0.25, -0.2) is 0 Å². The van der Waals surface area contributed by atoms with E-state index < -0.39 is 0 Å². The summed E-state index contributed by atoms with van der Waals surface area (Å²) in [5.74, 6) is 0.184. The third-order valence-electron chi connectivity index (χ3n) is 2.97. The van der Waals surface area contributed by atoms with Gasteiger partial charge < -0.3 is 10.6 Å². The van der Waals surface area contributed by atoms with Crippen LogP contribution in [0.1, 0.15) is 46.0 Å². The molecule has 0 bridgehead atoms. The first-order valence-electron chi connectivity index (χ1n) is 6.85. The lowest BCUT2D eigenvalue weighted by molar-refractivity contribution is -0.118. The highest BCUT2D eigenvalue weighted by Gasteiger charge is 2.16. The molecule has 1 aromatic carbocycles. The molecule has 100 valence electrons. The summed E-state index contributed by atoms with van der Waals surface area (Å²) >= 11 is 0. The Bertz CT molecular complexity index is 377. The van der Waals surface area contributed by atoms with Crippen LogP contribution in [0.4, 0.5) is 11.4 Å². The zero-order valence-corrected chi connectivity index (χ0v) is 11.5. The molecule has 0 radical (unpaired) electrons. The highest BCUT2D eigenvalue weighted by molar-refractivity contribution is 5.96. The molecule has 0 spiro atoms. The van der Waals surface area contributed by atoms with Crippen molar-refractivity contribution in [1.29, 1.82) is 0 Å². The molecule has 3 heteroatoms. The maximum atomic E-state index is 12.2. The highest BCUT2D eigenvalue weighted by atomic mass is 16.2. The molecule has 0 aliphatic rings. The van der Waals surface area contributed by atoms with Gasteiger partial charge >= 0.3 is 0 Å². The van der Waals surface area contributed by atoms with Crippen molar-refractivity contribution in [2.75, 3.05) is 17.2 Å². The van der Waals surface area contributed by atoms with E-state index in [0.717, 1.165) is 37.9 Å². The van der Waals surface area contributed by atoms with Gasteiger partial charge in [0.05, 0.1) is 11.4 Å². The van der Waals surface area contributed by atoms with Crippen LogP contribution >= 0.6 is 0 Å². The van der Waals surface area contributed by atoms with Crippen LogP contribution in [-0.2, 0) is 4.79 Å². The van der Waals surface area contributed by atoms with Crippen molar-refractivity contribution in [3.8, 4) is 0 Å². The SMILES string of the molecule is CCCCCC(=O)N(CCC)c1ccccc1N. The Morgan fingerprint density at radius 2 is 1.89 bits per heavy atom. The Labute approximate surface area is 110 Å². The van der Waals surface area contributed by atoms with Gasteiger partial charge in [-0.05, 0) is 25.0 Å². The number of nitrogens with two attached hydrogens (primary N) is 1. The van der Waals surface area contributed by atoms with E-state index in [2.05, 4.69) is 13.8 Å². The smallest absolute Gasteiger partial charge is 0.227 e. The van der Waals surface area contributed by atoms with Gasteiger partial charge in [0.2, 0.25) is 5.91 Å². The second-order valence-electron chi connectivity index (χ2n) is 4.56. The first-order valence-corrected chi connectivity index (χ1v) is 6.85. The molecule has 1 rings (SSSR count). The van der Waals surface area contributed by atoms with E-state index in [4.69, 9.17) is 5.73 Å². The number of nitrogens with zero attached hydrogens (tertiary/aromatic N) is 1. The molecule has 0 aliphatic heterocycles. The largest absolute Gasteiger partial charge is 0.397 e. The number of hydrogen-bond donors (Lipinski definition) is 1. The van der Waals surface area contributed by atoms with Gasteiger partial charge in [0.1, 0.15) is 0 Å². The van der Waals surface area contributed by atoms with Crippen LogP contribution in [0.3, 0.4) is 0 Å². The van der Waals surface area contributed by atoms with E-state index in [1.807, 2.05) is 29.2 Å². The quantitative estimate of drug-likeness (QED) is 0.592. The molecule has 0 atom stereocenters. The number of para-hydroxylation sites is 2. The van der Waals surface area contributed by atoms with E-state index >= 15 is 0 Å². The Hall–Kier alpha value is -1.51. The average molecular weight is 248 g/mol. The van der Waals surface area contributed by atoms with Gasteiger partial charge in [-0.15, -0.1) is 0 Å². The van der Waals surface area contributed by atoms with E-state index in [1.165, 1.54) is 0 Å². The normalized spacial score (nSPS) is 10.3. The number of carbonyl (C=O) groups excluding carboxylic acids is 1. The van der Waals surface area contributed by atoms with E-state index in [0.29, 0.717) is 12.1 Å². The Morgan fingerprint density at radius 3 is 2.50 bits per heavy atom. The molecular formula is C15H24N2O. The van der Waals surface area contributed by atoms with Gasteiger partial charge in [0.25, 0.3) is 0 Å². The molecule has 3 nitrogen and oxygen atoms in total. The number of anilines is 2. The first kappa shape index (κ1) is 14.6. The monoisotopic (exact) mass is 248 g/mol. The summed E-state index contributed by atoms with van der Waals surface area (Å²) < 4.78 is 0. The van der Waals surface area contributed by atoms with Crippen LogP contribution in [0.25, 0.3) is 0 Å². The van der Waals surface area contributed by atoms with Gasteiger partial charge in [0.15, 0.2) is 0 Å². The molecule has 0 unspecified atom stereocenters. The van der Waals surface area contributed by atoms with E-state index in [9.17, 15) is 4.79 Å². The zero-order valence-electron chi connectivity index (χ0n) is 11.5. The minimum absolute atomic E-state index is 0.184. The standard InChI is InChI=1S/C15H24N2O/c1-3-5-6-11-15(18)17(12-4-2)14-10-8-7-9-13(14)16/h7-10H,3-6,11-12,16H2,1-2H3. The predicted octanol–water partition coefficient (Wildman–Crippen LogP) is 3.59. The summed E-state index contributed by atoms with van der Waals surface area (Å²) in [6.45, 7) is 4.95. The molecule has 1 amide bonds. The molecule has 0 aliphatic carbocycles. The minimum atomic E-state index is 0.184. The Morgan fingerprint density at radius 1 is 1.17 bits per heavy atom. The Kier molecular flexibility index (Phi) is 6.26. The van der Waals surface area contributed by atoms with Crippen molar-refractivity contribution in [3.05, 3.63) is 24.3 Å². The minimum Gasteiger partial charge on any atom is -0.397 e. The summed E-state index contributed by atoms with van der Waals surface area (Å²) in [5.41, 5.74) is 7.47. The van der Waals surface area contributed by atoms with Crippen LogP contribution in [0, 0.1) is 0 Å². The maximum absolute atomic E-state index is 12.2. The summed E-state index contributed by atoms with van der Waals surface area (Å²) in [5, 5.41) is 0. The van der Waals surface area contributed by atoms with E-state index in [1.54, 1.807) is 0 Å². The fourth-order valence-corrected chi connectivity index (χ4v) is 2.00. The highest BCUT2D eigenvalue weighted by Crippen LogP contribution is 2.23. The average Bonchev–Trinajstić information content (AvgIpc) is 2.37. The van der Waals surface area contributed by atoms with Crippen LogP contribution in [0.5, 0.6) is 0 Å². The van der Waals surface area contributed by atoms with Crippen molar-refractivity contribution in [1.82, 2.24) is 0 Å². The number of carbonyl (C=O) groups is 1. The fraction of sp³-hybridized carbons (Fsp3) is 0.533. The number of unbranched alkanes of at least 4 members (excludes halogenated alkanes) is 2. The molecule has 0 heterocycles. The van der Waals surface area contributed by atoms with Crippen molar-refractivity contribution in [2.24, 2.45) is 0 Å². The topological polar surface area (TPSA) is 46.3 Å². The molecule has 0 aromatic heterocycles. The zero-order chi connectivity index (χ0) is 13.4. The van der Waals surface area contributed by atoms with Crippen molar-refractivity contribution in [3.63, 3.8) is 0 Å². The molecule has 2 N–H and O–H groups in total. The second-order valence-corrected chi connectivity index (χ2v) is 4.56. The number of rotatable bonds is 7. The molecule has 0 saturated carbocycles. The van der Waals surface area contributed by atoms with Crippen LogP contribution in [-0.4, -0.2) is 12.5 Å². The lowest BCUT2D eigenvalue weighted by atomic mass is 10.1. The molecule has 1 aromatic rings. The molecular weight excluding hydrogens is 224 g/mol. The lowest BCUT2D eigenvalue weighted by Crippen LogP contribution is -2.32. The van der Waals surface area contributed by atoms with Gasteiger partial charge in [-0.1, -0.05) is 38.8 Å². The number of amides is 1. The third-order valence-corrected chi connectivity index (χ3v) is 2.97. The van der Waals surface area contributed by atoms with Crippen molar-refractivity contribution >= 4 is 17.3 Å². The molecule has 0 fully saturated rings. The second kappa shape index (κ2) is 7.75. The first-order chi connectivity index (χ1) is 8.70. The summed E-state index contributed by atoms with van der Waals surface area (Å²) in [7, 11) is 0. The van der Waals surface area contributed by atoms with Gasteiger partial charge in [0, 0.05) is 13.0 Å². The van der Waals surface area contributed by atoms with Crippen molar-refractivity contribution in [2.45, 2.75) is 46.0 Å². The van der Waals surface area contributed by atoms with Gasteiger partial charge in [-0.3, -0.25) is 4.79 Å². The fourth-order valence-electron chi connectivity index (χ4n) is 2.00. The summed E-state index contributed by atoms with van der Waals surface area (Å²) in [6, 6.07) is 7.58. The maximum Gasteiger partial charge on any atom is 0.227 e. The third kappa shape index (κ3) is 4.06. The van der Waals surface area contributed by atoms with Crippen molar-refractivity contribution < 1.29 is 4.79 Å². The number of benzene rings is 1. The van der Waals surface area contributed by atoms with Crippen LogP contribution < -0.4 is 10.6 Å². The molecule has 18 heavy (non-hydrogen) atoms. The predicted molar refractivity (Wildman–Crippen MR) is 77.6 cm³/mol. The lowest BCUT2D eigenvalue weighted by Gasteiger charge is -2.23.